The van der Waals surface area contributed by atoms with Crippen molar-refractivity contribution >= 4 is 17.2 Å². The Kier molecular flexibility index (Phi) is 4.33. The van der Waals surface area contributed by atoms with Crippen molar-refractivity contribution in [3.05, 3.63) is 0 Å². The van der Waals surface area contributed by atoms with E-state index in [9.17, 15) is 13.2 Å². The van der Waals surface area contributed by atoms with Gasteiger partial charge in [0.1, 0.15) is 0 Å². The highest BCUT2D eigenvalue weighted by atomic mass is 32.1. The van der Waals surface area contributed by atoms with Crippen molar-refractivity contribution in [3.63, 3.8) is 0 Å². The molecule has 1 fully saturated rings. The van der Waals surface area contributed by atoms with Gasteiger partial charge in [-0.15, -0.1) is 0 Å². The Hall–Kier alpha value is -0.360. The molecule has 1 saturated heterocycles. The summed E-state index contributed by atoms with van der Waals surface area (Å²) in [5, 5.41) is 0. The third-order valence-corrected chi connectivity index (χ3v) is 2.85. The van der Waals surface area contributed by atoms with Crippen LogP contribution in [0.2, 0.25) is 0 Å². The van der Waals surface area contributed by atoms with Gasteiger partial charge in [-0.25, -0.2) is 0 Å². The van der Waals surface area contributed by atoms with Crippen molar-refractivity contribution in [3.8, 4) is 0 Å². The maximum Gasteiger partial charge on any atom is 0.393 e. The standard InChI is InChI=1S/C9H15F3N2S/c10-9(11,12)7-2-1-4-14(6-7)5-3-8(13)15/h7H,1-6H2,(H2,13,15). The van der Waals surface area contributed by atoms with Gasteiger partial charge >= 0.3 is 6.18 Å². The van der Waals surface area contributed by atoms with Crippen LogP contribution < -0.4 is 5.73 Å². The van der Waals surface area contributed by atoms with Crippen LogP contribution in [0.3, 0.4) is 0 Å². The van der Waals surface area contributed by atoms with Crippen molar-refractivity contribution in [2.24, 2.45) is 11.7 Å². The summed E-state index contributed by atoms with van der Waals surface area (Å²) in [6.45, 7) is 1.35. The third-order valence-electron chi connectivity index (χ3n) is 2.64. The molecule has 0 aromatic rings. The first-order valence-corrected chi connectivity index (χ1v) is 5.38. The van der Waals surface area contributed by atoms with Gasteiger partial charge in [-0.1, -0.05) is 12.2 Å². The average Bonchev–Trinajstić information content (AvgIpc) is 2.14. The topological polar surface area (TPSA) is 29.3 Å². The van der Waals surface area contributed by atoms with Crippen LogP contribution in [0.1, 0.15) is 19.3 Å². The highest BCUT2D eigenvalue weighted by Gasteiger charge is 2.41. The quantitative estimate of drug-likeness (QED) is 0.764. The first kappa shape index (κ1) is 12.7. The zero-order valence-corrected chi connectivity index (χ0v) is 9.20. The average molecular weight is 240 g/mol. The number of rotatable bonds is 3. The highest BCUT2D eigenvalue weighted by molar-refractivity contribution is 7.80. The van der Waals surface area contributed by atoms with E-state index in [0.29, 0.717) is 24.4 Å². The van der Waals surface area contributed by atoms with Gasteiger partial charge in [0.25, 0.3) is 0 Å². The smallest absolute Gasteiger partial charge is 0.393 e. The monoisotopic (exact) mass is 240 g/mol. The molecule has 1 aliphatic rings. The maximum atomic E-state index is 12.4. The Bertz CT molecular complexity index is 230. The second-order valence-electron chi connectivity index (χ2n) is 3.90. The van der Waals surface area contributed by atoms with Crippen molar-refractivity contribution < 1.29 is 13.2 Å². The number of likely N-dealkylation sites (tertiary alicyclic amines) is 1. The van der Waals surface area contributed by atoms with E-state index >= 15 is 0 Å². The summed E-state index contributed by atoms with van der Waals surface area (Å²) in [7, 11) is 0. The van der Waals surface area contributed by atoms with Crippen LogP contribution in [0.25, 0.3) is 0 Å². The molecule has 2 N–H and O–H groups in total. The molecule has 2 nitrogen and oxygen atoms in total. The number of hydrogen-bond donors (Lipinski definition) is 1. The number of piperidine rings is 1. The van der Waals surface area contributed by atoms with E-state index in [1.807, 2.05) is 0 Å². The lowest BCUT2D eigenvalue weighted by Crippen LogP contribution is -2.42. The summed E-state index contributed by atoms with van der Waals surface area (Å²) in [6.07, 6.45) is -2.73. The molecule has 6 heteroatoms. The predicted molar refractivity (Wildman–Crippen MR) is 56.6 cm³/mol. The number of alkyl halides is 3. The number of nitrogens with two attached hydrogens (primary N) is 1. The second kappa shape index (κ2) is 5.12. The minimum Gasteiger partial charge on any atom is -0.393 e. The highest BCUT2D eigenvalue weighted by Crippen LogP contribution is 2.32. The van der Waals surface area contributed by atoms with Crippen LogP contribution in [-0.4, -0.2) is 35.7 Å². The van der Waals surface area contributed by atoms with Crippen LogP contribution in [0.4, 0.5) is 13.2 Å². The summed E-state index contributed by atoms with van der Waals surface area (Å²) in [6, 6.07) is 0. The van der Waals surface area contributed by atoms with E-state index in [0.717, 1.165) is 6.54 Å². The van der Waals surface area contributed by atoms with Gasteiger partial charge in [-0.2, -0.15) is 13.2 Å². The molecule has 0 aromatic heterocycles. The SMILES string of the molecule is NC(=S)CCN1CCCC(C(F)(F)F)C1. The molecule has 1 aliphatic heterocycles. The molecule has 0 bridgehead atoms. The lowest BCUT2D eigenvalue weighted by Gasteiger charge is -2.33. The molecule has 0 spiro atoms. The van der Waals surface area contributed by atoms with Crippen LogP contribution >= 0.6 is 12.2 Å². The number of halogens is 3. The first-order valence-electron chi connectivity index (χ1n) is 4.97. The van der Waals surface area contributed by atoms with Crippen LogP contribution in [0.15, 0.2) is 0 Å². The molecule has 0 aliphatic carbocycles. The minimum absolute atomic E-state index is 0.0894. The Morgan fingerprint density at radius 1 is 1.47 bits per heavy atom. The fraction of sp³-hybridized carbons (Fsp3) is 0.889. The molecular weight excluding hydrogens is 225 g/mol. The molecule has 88 valence electrons. The molecular formula is C9H15F3N2S. The molecule has 1 atom stereocenters. The van der Waals surface area contributed by atoms with Crippen LogP contribution in [0.5, 0.6) is 0 Å². The number of thiocarbonyl (C=S) groups is 1. The van der Waals surface area contributed by atoms with E-state index in [1.165, 1.54) is 0 Å². The van der Waals surface area contributed by atoms with Gasteiger partial charge in [0, 0.05) is 19.5 Å². The van der Waals surface area contributed by atoms with Crippen molar-refractivity contribution in [2.75, 3.05) is 19.6 Å². The molecule has 0 radical (unpaired) electrons. The minimum atomic E-state index is -4.07. The van der Waals surface area contributed by atoms with Crippen molar-refractivity contribution in [1.29, 1.82) is 0 Å². The Balaban J connectivity index is 2.39. The largest absolute Gasteiger partial charge is 0.393 e. The first-order chi connectivity index (χ1) is 6.89. The molecule has 1 rings (SSSR count). The van der Waals surface area contributed by atoms with Crippen molar-refractivity contribution in [2.45, 2.75) is 25.4 Å². The summed E-state index contributed by atoms with van der Waals surface area (Å²) in [4.78, 5) is 2.16. The van der Waals surface area contributed by atoms with E-state index in [4.69, 9.17) is 18.0 Å². The molecule has 0 aromatic carbocycles. The van der Waals surface area contributed by atoms with Crippen LogP contribution in [0, 0.1) is 5.92 Å². The van der Waals surface area contributed by atoms with Crippen LogP contribution in [-0.2, 0) is 0 Å². The lowest BCUT2D eigenvalue weighted by atomic mass is 9.97. The van der Waals surface area contributed by atoms with Gasteiger partial charge < -0.3 is 10.6 Å². The Morgan fingerprint density at radius 3 is 2.67 bits per heavy atom. The number of nitrogens with zero attached hydrogens (tertiary/aromatic N) is 1. The fourth-order valence-electron chi connectivity index (χ4n) is 1.79. The molecule has 1 heterocycles. The zero-order chi connectivity index (χ0) is 11.5. The summed E-state index contributed by atoms with van der Waals surface area (Å²) < 4.78 is 37.3. The number of hydrogen-bond acceptors (Lipinski definition) is 2. The van der Waals surface area contributed by atoms with Crippen molar-refractivity contribution in [1.82, 2.24) is 4.90 Å². The molecule has 1 unspecified atom stereocenters. The summed E-state index contributed by atoms with van der Waals surface area (Å²) >= 11 is 4.70. The van der Waals surface area contributed by atoms with E-state index in [2.05, 4.69) is 0 Å². The second-order valence-corrected chi connectivity index (χ2v) is 4.42. The predicted octanol–water partition coefficient (Wildman–Crippen LogP) is 1.94. The maximum absolute atomic E-state index is 12.4. The van der Waals surface area contributed by atoms with E-state index in [1.54, 1.807) is 4.90 Å². The fourth-order valence-corrected chi connectivity index (χ4v) is 1.89. The normalized spacial score (nSPS) is 24.1. The van der Waals surface area contributed by atoms with E-state index < -0.39 is 12.1 Å². The van der Waals surface area contributed by atoms with Gasteiger partial charge in [0.05, 0.1) is 10.9 Å². The van der Waals surface area contributed by atoms with Gasteiger partial charge in [-0.3, -0.25) is 0 Å². The molecule has 0 saturated carbocycles. The summed E-state index contributed by atoms with van der Waals surface area (Å²) in [5.74, 6) is -1.18. The summed E-state index contributed by atoms with van der Waals surface area (Å²) in [5.41, 5.74) is 5.31. The van der Waals surface area contributed by atoms with E-state index in [-0.39, 0.29) is 13.0 Å². The van der Waals surface area contributed by atoms with Gasteiger partial charge in [0.15, 0.2) is 0 Å². The Labute approximate surface area is 92.6 Å². The Morgan fingerprint density at radius 2 is 2.13 bits per heavy atom. The zero-order valence-electron chi connectivity index (χ0n) is 8.39. The molecule has 15 heavy (non-hydrogen) atoms. The van der Waals surface area contributed by atoms with Gasteiger partial charge in [0.2, 0.25) is 0 Å². The van der Waals surface area contributed by atoms with Gasteiger partial charge in [-0.05, 0) is 19.4 Å². The third kappa shape index (κ3) is 4.34. The lowest BCUT2D eigenvalue weighted by molar-refractivity contribution is -0.186. The molecule has 0 amide bonds.